The molecule has 1 aromatic heterocycles. The van der Waals surface area contributed by atoms with E-state index in [0.29, 0.717) is 17.2 Å². The number of alkyl halides is 3. The number of rotatable bonds is 3. The molecule has 0 saturated carbocycles. The molecule has 0 amide bonds. The summed E-state index contributed by atoms with van der Waals surface area (Å²) in [6.45, 7) is 9.73. The van der Waals surface area contributed by atoms with Gasteiger partial charge in [0.2, 0.25) is 0 Å². The van der Waals surface area contributed by atoms with Crippen molar-refractivity contribution in [3.63, 3.8) is 0 Å². The fourth-order valence-corrected chi connectivity index (χ4v) is 3.49. The van der Waals surface area contributed by atoms with Crippen molar-refractivity contribution in [3.05, 3.63) is 59.9 Å². The van der Waals surface area contributed by atoms with Crippen LogP contribution in [0.1, 0.15) is 37.7 Å². The fourth-order valence-electron chi connectivity index (χ4n) is 3.49. The van der Waals surface area contributed by atoms with Crippen LogP contribution in [-0.4, -0.2) is 22.1 Å². The van der Waals surface area contributed by atoms with Crippen LogP contribution in [0, 0.1) is 13.8 Å². The number of hydrogen-bond donors (Lipinski definition) is 0. The van der Waals surface area contributed by atoms with Crippen LogP contribution in [0.5, 0.6) is 0 Å². The molecule has 0 radical (unpaired) electrons. The quantitative estimate of drug-likeness (QED) is 0.744. The summed E-state index contributed by atoms with van der Waals surface area (Å²) in [5.74, 6) is 0.625. The van der Waals surface area contributed by atoms with Gasteiger partial charge >= 0.3 is 6.18 Å². The van der Waals surface area contributed by atoms with E-state index in [1.165, 1.54) is 12.1 Å². The summed E-state index contributed by atoms with van der Waals surface area (Å²) in [6.07, 6.45) is 2.63. The van der Waals surface area contributed by atoms with Gasteiger partial charge in [0.25, 0.3) is 5.82 Å². The SMILES string of the molecule is Cc1c(N2C=CN(C(C)C)[C@H]2C)cc(C(F)(F)F)cc1-[n+]1cccnc1C. The molecule has 2 aromatic rings. The van der Waals surface area contributed by atoms with Crippen LogP contribution in [0.4, 0.5) is 18.9 Å². The van der Waals surface area contributed by atoms with Crippen molar-refractivity contribution in [2.45, 2.75) is 53.0 Å². The second-order valence-corrected chi connectivity index (χ2v) is 7.05. The van der Waals surface area contributed by atoms with Crippen molar-refractivity contribution in [1.29, 1.82) is 0 Å². The fraction of sp³-hybridized carbons (Fsp3) is 0.400. The number of halogens is 3. The van der Waals surface area contributed by atoms with E-state index < -0.39 is 11.7 Å². The van der Waals surface area contributed by atoms with Crippen molar-refractivity contribution in [1.82, 2.24) is 9.88 Å². The molecule has 0 aliphatic carbocycles. The lowest BCUT2D eigenvalue weighted by Crippen LogP contribution is -2.41. The molecule has 0 saturated heterocycles. The molecule has 2 heterocycles. The molecule has 144 valence electrons. The molecule has 4 nitrogen and oxygen atoms in total. The molecule has 0 spiro atoms. The Labute approximate surface area is 157 Å². The van der Waals surface area contributed by atoms with Crippen LogP contribution in [0.15, 0.2) is 43.0 Å². The van der Waals surface area contributed by atoms with Crippen LogP contribution < -0.4 is 9.47 Å². The topological polar surface area (TPSA) is 23.2 Å². The summed E-state index contributed by atoms with van der Waals surface area (Å²) in [5.41, 5.74) is 1.13. The van der Waals surface area contributed by atoms with Crippen molar-refractivity contribution in [3.8, 4) is 5.69 Å². The molecule has 1 aliphatic rings. The first-order valence-corrected chi connectivity index (χ1v) is 8.91. The first-order chi connectivity index (χ1) is 12.6. The highest BCUT2D eigenvalue weighted by molar-refractivity contribution is 5.64. The van der Waals surface area contributed by atoms with Gasteiger partial charge in [-0.1, -0.05) is 4.98 Å². The summed E-state index contributed by atoms with van der Waals surface area (Å²) in [7, 11) is 0. The average Bonchev–Trinajstić information content (AvgIpc) is 2.96. The van der Waals surface area contributed by atoms with Gasteiger partial charge in [-0.15, -0.1) is 0 Å². The Morgan fingerprint density at radius 3 is 2.41 bits per heavy atom. The lowest BCUT2D eigenvalue weighted by atomic mass is 10.0. The Morgan fingerprint density at radius 2 is 1.85 bits per heavy atom. The molecule has 1 aromatic carbocycles. The lowest BCUT2D eigenvalue weighted by molar-refractivity contribution is -0.606. The van der Waals surface area contributed by atoms with E-state index >= 15 is 0 Å². The third-order valence-electron chi connectivity index (χ3n) is 4.98. The number of aryl methyl sites for hydroxylation is 1. The minimum Gasteiger partial charge on any atom is -0.353 e. The number of hydrogen-bond acceptors (Lipinski definition) is 3. The monoisotopic (exact) mass is 377 g/mol. The number of anilines is 1. The standard InChI is InChI=1S/C20H24F3N4/c1-13(2)25-9-10-27(16(25)5)19-12-17(20(21,22)23)11-18(14(19)3)26-8-6-7-24-15(26)4/h6-13,16H,1-5H3/q+1/t16-/m1/s1. The van der Waals surface area contributed by atoms with Gasteiger partial charge < -0.3 is 9.80 Å². The van der Waals surface area contributed by atoms with Crippen LogP contribution >= 0.6 is 0 Å². The maximum atomic E-state index is 13.6. The van der Waals surface area contributed by atoms with Crippen LogP contribution in [0.3, 0.4) is 0 Å². The van der Waals surface area contributed by atoms with Crippen LogP contribution in [0.25, 0.3) is 5.69 Å². The molecule has 0 N–H and O–H groups in total. The third-order valence-corrected chi connectivity index (χ3v) is 4.98. The molecule has 0 fully saturated rings. The highest BCUT2D eigenvalue weighted by Gasteiger charge is 2.35. The van der Waals surface area contributed by atoms with E-state index in [9.17, 15) is 13.2 Å². The van der Waals surface area contributed by atoms with E-state index in [1.54, 1.807) is 30.0 Å². The Bertz CT molecular complexity index is 874. The molecule has 0 unspecified atom stereocenters. The minimum absolute atomic E-state index is 0.0694. The summed E-state index contributed by atoms with van der Waals surface area (Å²) in [6, 6.07) is 4.39. The third kappa shape index (κ3) is 3.50. The molecule has 0 bridgehead atoms. The van der Waals surface area contributed by atoms with Crippen molar-refractivity contribution >= 4 is 5.69 Å². The highest BCUT2D eigenvalue weighted by atomic mass is 19.4. The average molecular weight is 377 g/mol. The first-order valence-electron chi connectivity index (χ1n) is 8.91. The summed E-state index contributed by atoms with van der Waals surface area (Å²) >= 11 is 0. The van der Waals surface area contributed by atoms with E-state index in [-0.39, 0.29) is 12.2 Å². The van der Waals surface area contributed by atoms with Crippen LogP contribution in [0.2, 0.25) is 0 Å². The Hall–Kier alpha value is -2.57. The summed E-state index contributed by atoms with van der Waals surface area (Å²) < 4.78 is 42.5. The second kappa shape index (κ2) is 6.87. The Kier molecular flexibility index (Phi) is 4.88. The van der Waals surface area contributed by atoms with Crippen molar-refractivity contribution in [2.24, 2.45) is 0 Å². The zero-order chi connectivity index (χ0) is 19.9. The molecule has 1 atom stereocenters. The highest BCUT2D eigenvalue weighted by Crippen LogP contribution is 2.37. The smallest absolute Gasteiger partial charge is 0.353 e. The van der Waals surface area contributed by atoms with Gasteiger partial charge in [0, 0.05) is 37.0 Å². The van der Waals surface area contributed by atoms with E-state index in [4.69, 9.17) is 0 Å². The maximum Gasteiger partial charge on any atom is 0.416 e. The minimum atomic E-state index is -4.43. The predicted molar refractivity (Wildman–Crippen MR) is 98.3 cm³/mol. The molecule has 27 heavy (non-hydrogen) atoms. The molecule has 3 rings (SSSR count). The molecule has 1 aliphatic heterocycles. The molecular weight excluding hydrogens is 353 g/mol. The number of aromatic nitrogens is 2. The Morgan fingerprint density at radius 1 is 1.15 bits per heavy atom. The van der Waals surface area contributed by atoms with Gasteiger partial charge in [-0.25, -0.2) is 4.57 Å². The van der Waals surface area contributed by atoms with E-state index in [1.807, 2.05) is 31.1 Å². The molecular formula is C20H24F3N4+. The lowest BCUT2D eigenvalue weighted by Gasteiger charge is -2.33. The zero-order valence-corrected chi connectivity index (χ0v) is 16.1. The molecule has 7 heteroatoms. The van der Waals surface area contributed by atoms with Crippen molar-refractivity contribution in [2.75, 3.05) is 4.90 Å². The van der Waals surface area contributed by atoms with Gasteiger partial charge in [-0.05, 0) is 39.8 Å². The van der Waals surface area contributed by atoms with Gasteiger partial charge in [0.15, 0.2) is 0 Å². The van der Waals surface area contributed by atoms with Gasteiger partial charge in [-0.3, -0.25) is 0 Å². The summed E-state index contributed by atoms with van der Waals surface area (Å²) in [4.78, 5) is 8.21. The van der Waals surface area contributed by atoms with Gasteiger partial charge in [0.05, 0.1) is 11.3 Å². The summed E-state index contributed by atoms with van der Waals surface area (Å²) in [5, 5.41) is 0. The normalized spacial score (nSPS) is 17.3. The van der Waals surface area contributed by atoms with Crippen molar-refractivity contribution < 1.29 is 17.7 Å². The first kappa shape index (κ1) is 19.2. The largest absolute Gasteiger partial charge is 0.416 e. The number of nitrogens with zero attached hydrogens (tertiary/aromatic N) is 4. The van der Waals surface area contributed by atoms with E-state index in [2.05, 4.69) is 23.7 Å². The van der Waals surface area contributed by atoms with Crippen LogP contribution in [-0.2, 0) is 6.18 Å². The zero-order valence-electron chi connectivity index (χ0n) is 16.1. The number of benzene rings is 1. The second-order valence-electron chi connectivity index (χ2n) is 7.05. The van der Waals surface area contributed by atoms with Gasteiger partial charge in [-0.2, -0.15) is 13.2 Å². The van der Waals surface area contributed by atoms with Gasteiger partial charge in [0.1, 0.15) is 24.2 Å². The Balaban J connectivity index is 2.19. The van der Waals surface area contributed by atoms with E-state index in [0.717, 1.165) is 5.56 Å². The predicted octanol–water partition coefficient (Wildman–Crippen LogP) is 4.34. The maximum absolute atomic E-state index is 13.6.